The Morgan fingerprint density at radius 1 is 1.53 bits per heavy atom. The van der Waals surface area contributed by atoms with Gasteiger partial charge in [0, 0.05) is 16.4 Å². The molecular weight excluding hydrogens is 278 g/mol. The van der Waals surface area contributed by atoms with Crippen molar-refractivity contribution in [2.24, 2.45) is 0 Å². The summed E-state index contributed by atoms with van der Waals surface area (Å²) in [5.41, 5.74) is 0.155. The van der Waals surface area contributed by atoms with Gasteiger partial charge in [-0.15, -0.1) is 11.3 Å². The van der Waals surface area contributed by atoms with Crippen LogP contribution in [0.15, 0.2) is 5.38 Å². The number of aromatic nitrogens is 1. The first-order valence-electron chi connectivity index (χ1n) is 6.65. The molecular formula is C14H23NO2S2. The van der Waals surface area contributed by atoms with Gasteiger partial charge in [-0.05, 0) is 27.2 Å². The molecule has 1 heterocycles. The second-order valence-electron chi connectivity index (χ2n) is 5.00. The van der Waals surface area contributed by atoms with Crippen LogP contribution >= 0.6 is 23.1 Å². The van der Waals surface area contributed by atoms with Crippen LogP contribution in [-0.2, 0) is 20.7 Å². The summed E-state index contributed by atoms with van der Waals surface area (Å²) in [6, 6.07) is 0. The van der Waals surface area contributed by atoms with Gasteiger partial charge in [0.1, 0.15) is 10.4 Å². The van der Waals surface area contributed by atoms with Gasteiger partial charge in [0.05, 0.1) is 12.3 Å². The van der Waals surface area contributed by atoms with E-state index in [2.05, 4.69) is 18.8 Å². The number of carbonyl (C=O) groups excluding carboxylic acids is 1. The maximum absolute atomic E-state index is 11.9. The number of carbonyl (C=O) groups is 1. The third-order valence-electron chi connectivity index (χ3n) is 3.04. The van der Waals surface area contributed by atoms with Gasteiger partial charge >= 0.3 is 5.97 Å². The molecule has 1 unspecified atom stereocenters. The van der Waals surface area contributed by atoms with Crippen LogP contribution in [0.3, 0.4) is 0 Å². The van der Waals surface area contributed by atoms with E-state index >= 15 is 0 Å². The number of thiazole rings is 1. The molecule has 0 bridgehead atoms. The molecule has 1 aromatic rings. The smallest absolute Gasteiger partial charge is 0.317 e. The number of nitrogens with zero attached hydrogens (tertiary/aromatic N) is 1. The predicted molar refractivity (Wildman–Crippen MR) is 82.8 cm³/mol. The van der Waals surface area contributed by atoms with Crippen LogP contribution in [0.1, 0.15) is 51.7 Å². The number of hydrogen-bond acceptors (Lipinski definition) is 5. The number of esters is 1. The van der Waals surface area contributed by atoms with E-state index in [0.29, 0.717) is 11.9 Å². The Kier molecular flexibility index (Phi) is 6.33. The highest BCUT2D eigenvalue weighted by molar-refractivity contribution is 7.99. The number of hydrogen-bond donors (Lipinski definition) is 0. The van der Waals surface area contributed by atoms with E-state index < -0.39 is 5.41 Å². The zero-order valence-electron chi connectivity index (χ0n) is 12.4. The van der Waals surface area contributed by atoms with E-state index in [-0.39, 0.29) is 5.97 Å². The van der Waals surface area contributed by atoms with Gasteiger partial charge in [0.25, 0.3) is 0 Å². The largest absolute Gasteiger partial charge is 0.465 e. The summed E-state index contributed by atoms with van der Waals surface area (Å²) < 4.78 is 5.11. The predicted octanol–water partition coefficient (Wildman–Crippen LogP) is 4.02. The van der Waals surface area contributed by atoms with Crippen LogP contribution in [0, 0.1) is 0 Å². The monoisotopic (exact) mass is 301 g/mol. The lowest BCUT2D eigenvalue weighted by molar-refractivity contribution is -0.148. The number of rotatable bonds is 7. The van der Waals surface area contributed by atoms with Gasteiger partial charge in [0.2, 0.25) is 0 Å². The van der Waals surface area contributed by atoms with E-state index in [9.17, 15) is 4.79 Å². The van der Waals surface area contributed by atoms with Crippen LogP contribution in [0.5, 0.6) is 0 Å². The van der Waals surface area contributed by atoms with Crippen molar-refractivity contribution < 1.29 is 9.53 Å². The minimum absolute atomic E-state index is 0.207. The minimum atomic E-state index is -0.661. The van der Waals surface area contributed by atoms with Crippen molar-refractivity contribution in [3.63, 3.8) is 0 Å². The molecule has 0 radical (unpaired) electrons. The van der Waals surface area contributed by atoms with E-state index in [4.69, 9.17) is 4.74 Å². The van der Waals surface area contributed by atoms with Crippen molar-refractivity contribution in [1.82, 2.24) is 4.98 Å². The Balaban J connectivity index is 2.70. The lowest BCUT2D eigenvalue weighted by atomic mass is 9.90. The number of thioether (sulfide) groups is 1. The second kappa shape index (κ2) is 7.29. The normalized spacial score (nSPS) is 13.3. The molecule has 0 amide bonds. The molecule has 0 spiro atoms. The zero-order valence-corrected chi connectivity index (χ0v) is 14.0. The summed E-state index contributed by atoms with van der Waals surface area (Å²) in [4.78, 5) is 16.5. The van der Waals surface area contributed by atoms with Crippen molar-refractivity contribution in [3.05, 3.63) is 16.1 Å². The maximum atomic E-state index is 11.9. The van der Waals surface area contributed by atoms with Crippen LogP contribution in [-0.4, -0.2) is 22.8 Å². The van der Waals surface area contributed by atoms with Gasteiger partial charge in [0.15, 0.2) is 0 Å². The molecule has 1 aromatic heterocycles. The van der Waals surface area contributed by atoms with Crippen LogP contribution < -0.4 is 0 Å². The highest BCUT2D eigenvalue weighted by Crippen LogP contribution is 2.29. The Labute approximate surface area is 124 Å². The fourth-order valence-corrected chi connectivity index (χ4v) is 3.36. The molecule has 19 heavy (non-hydrogen) atoms. The van der Waals surface area contributed by atoms with Gasteiger partial charge in [-0.3, -0.25) is 4.79 Å². The molecule has 3 nitrogen and oxygen atoms in total. The van der Waals surface area contributed by atoms with Crippen molar-refractivity contribution in [2.45, 2.75) is 57.5 Å². The van der Waals surface area contributed by atoms with E-state index in [1.54, 1.807) is 11.3 Å². The quantitative estimate of drug-likeness (QED) is 0.713. The third-order valence-corrected chi connectivity index (χ3v) is 5.42. The molecule has 0 N–H and O–H groups in total. The first-order valence-corrected chi connectivity index (χ1v) is 8.58. The van der Waals surface area contributed by atoms with Gasteiger partial charge in [-0.25, -0.2) is 4.98 Å². The zero-order chi connectivity index (χ0) is 14.5. The molecule has 108 valence electrons. The van der Waals surface area contributed by atoms with E-state index in [0.717, 1.165) is 22.9 Å². The van der Waals surface area contributed by atoms with E-state index in [1.807, 2.05) is 37.9 Å². The fourth-order valence-electron chi connectivity index (χ4n) is 1.41. The van der Waals surface area contributed by atoms with Gasteiger partial charge in [-0.2, -0.15) is 11.8 Å². The Bertz CT molecular complexity index is 415. The first kappa shape index (κ1) is 16.5. The molecule has 0 aliphatic rings. The lowest BCUT2D eigenvalue weighted by Gasteiger charge is -2.19. The summed E-state index contributed by atoms with van der Waals surface area (Å²) in [6.45, 7) is 10.4. The van der Waals surface area contributed by atoms with Crippen molar-refractivity contribution in [2.75, 3.05) is 6.61 Å². The topological polar surface area (TPSA) is 39.2 Å². The van der Waals surface area contributed by atoms with Crippen LogP contribution in [0.25, 0.3) is 0 Å². The van der Waals surface area contributed by atoms with Crippen LogP contribution in [0.4, 0.5) is 0 Å². The molecule has 0 saturated heterocycles. The Hall–Kier alpha value is -0.550. The molecule has 0 aliphatic carbocycles. The SMILES string of the molecule is CCOC(=O)C(C)(C)c1csc(CSC(C)CC)n1. The summed E-state index contributed by atoms with van der Waals surface area (Å²) in [5, 5.41) is 3.70. The highest BCUT2D eigenvalue weighted by atomic mass is 32.2. The molecule has 0 fully saturated rings. The summed E-state index contributed by atoms with van der Waals surface area (Å²) in [6.07, 6.45) is 1.16. The minimum Gasteiger partial charge on any atom is -0.465 e. The summed E-state index contributed by atoms with van der Waals surface area (Å²) >= 11 is 3.53. The standard InChI is InChI=1S/C14H23NO2S2/c1-6-10(3)18-9-12-15-11(8-19-12)14(4,5)13(16)17-7-2/h8,10H,6-7,9H2,1-5H3. The molecule has 5 heteroatoms. The Morgan fingerprint density at radius 3 is 2.79 bits per heavy atom. The molecule has 0 saturated carbocycles. The Morgan fingerprint density at radius 2 is 2.21 bits per heavy atom. The second-order valence-corrected chi connectivity index (χ2v) is 7.37. The molecule has 0 aromatic carbocycles. The van der Waals surface area contributed by atoms with Crippen LogP contribution in [0.2, 0.25) is 0 Å². The fraction of sp³-hybridized carbons (Fsp3) is 0.714. The van der Waals surface area contributed by atoms with Crippen molar-refractivity contribution in [1.29, 1.82) is 0 Å². The summed E-state index contributed by atoms with van der Waals surface area (Å²) in [5.74, 6) is 0.708. The molecule has 0 aliphatic heterocycles. The summed E-state index contributed by atoms with van der Waals surface area (Å²) in [7, 11) is 0. The van der Waals surface area contributed by atoms with Crippen molar-refractivity contribution >= 4 is 29.1 Å². The number of ether oxygens (including phenoxy) is 1. The van der Waals surface area contributed by atoms with Crippen molar-refractivity contribution in [3.8, 4) is 0 Å². The van der Waals surface area contributed by atoms with Gasteiger partial charge in [-0.1, -0.05) is 13.8 Å². The molecule has 1 rings (SSSR count). The van der Waals surface area contributed by atoms with Gasteiger partial charge < -0.3 is 4.74 Å². The average molecular weight is 301 g/mol. The first-order chi connectivity index (χ1) is 8.91. The lowest BCUT2D eigenvalue weighted by Crippen LogP contribution is -2.31. The maximum Gasteiger partial charge on any atom is 0.317 e. The third kappa shape index (κ3) is 4.49. The molecule has 1 atom stereocenters. The highest BCUT2D eigenvalue weighted by Gasteiger charge is 2.33. The average Bonchev–Trinajstić information content (AvgIpc) is 2.85. The van der Waals surface area contributed by atoms with E-state index in [1.165, 1.54) is 0 Å².